The largest absolute Gasteiger partial charge is 0.766 e. The molecule has 13 heavy (non-hydrogen) atoms. The Kier molecular flexibility index (Phi) is 3.67. The fraction of sp³-hybridized carbons (Fsp3) is 1.00. The maximum Gasteiger partial charge on any atom is 0.525 e. The van der Waals surface area contributed by atoms with Crippen LogP contribution in [0.4, 0.5) is 13.2 Å². The van der Waals surface area contributed by atoms with Crippen LogP contribution >= 0.6 is 0 Å². The van der Waals surface area contributed by atoms with Crippen LogP contribution in [0.25, 0.3) is 0 Å². The molecule has 0 radical (unpaired) electrons. The van der Waals surface area contributed by atoms with Gasteiger partial charge in [-0.2, -0.15) is 0 Å². The van der Waals surface area contributed by atoms with Gasteiger partial charge in [-0.1, -0.05) is 0 Å². The molecule has 0 saturated heterocycles. The zero-order chi connectivity index (χ0) is 10.9. The van der Waals surface area contributed by atoms with E-state index in [1.165, 1.54) is 0 Å². The third-order valence-electron chi connectivity index (χ3n) is 1.13. The summed E-state index contributed by atoms with van der Waals surface area (Å²) in [5, 5.41) is -2.87. The molecule has 0 aromatic rings. The number of halogens is 3. The summed E-state index contributed by atoms with van der Waals surface area (Å²) in [5.74, 6) is 0. The fourth-order valence-electron chi connectivity index (χ4n) is 0.405. The molecule has 0 bridgehead atoms. The van der Waals surface area contributed by atoms with Crippen molar-refractivity contribution < 1.29 is 31.4 Å². The second-order valence-electron chi connectivity index (χ2n) is 2.07. The molecule has 0 aliphatic rings. The zero-order valence-electron chi connectivity index (χ0n) is 6.58. The standard InChI is InChI=1S/C4H7F3O4S2/c1-3(10-2,13(8,9)12)11-4(5,6)7/h1-2H3,(H,8,9,12)/p-1. The first-order chi connectivity index (χ1) is 5.52. The predicted molar refractivity (Wildman–Crippen MR) is 38.8 cm³/mol. The maximum atomic E-state index is 11.7. The fourth-order valence-corrected chi connectivity index (χ4v) is 1.11. The maximum absolute atomic E-state index is 11.7. The molecule has 80 valence electrons. The molecular weight excluding hydrogens is 233 g/mol. The number of rotatable bonds is 3. The molecule has 0 aliphatic carbocycles. The Morgan fingerprint density at radius 3 is 1.92 bits per heavy atom. The lowest BCUT2D eigenvalue weighted by Gasteiger charge is -2.33. The van der Waals surface area contributed by atoms with Crippen LogP contribution in [0.15, 0.2) is 0 Å². The van der Waals surface area contributed by atoms with E-state index in [0.717, 1.165) is 7.11 Å². The molecule has 9 heteroatoms. The monoisotopic (exact) mass is 239 g/mol. The summed E-state index contributed by atoms with van der Waals surface area (Å²) in [6.45, 7) is 0.572. The van der Waals surface area contributed by atoms with Gasteiger partial charge in [-0.25, -0.2) is 4.74 Å². The van der Waals surface area contributed by atoms with Crippen LogP contribution in [0.3, 0.4) is 0 Å². The highest BCUT2D eigenvalue weighted by atomic mass is 32.8. The molecular formula is C4H6F3O4S2-. The number of ether oxygens (including phenoxy) is 2. The van der Waals surface area contributed by atoms with Gasteiger partial charge in [-0.3, -0.25) is 4.21 Å². The molecule has 0 spiro atoms. The first-order valence-electron chi connectivity index (χ1n) is 2.79. The highest BCUT2D eigenvalue weighted by Crippen LogP contribution is 2.29. The molecule has 0 amide bonds. The minimum absolute atomic E-state index is 0.572. The molecule has 2 atom stereocenters. The van der Waals surface area contributed by atoms with E-state index in [1.54, 1.807) is 0 Å². The van der Waals surface area contributed by atoms with Crippen molar-refractivity contribution >= 4 is 20.0 Å². The number of hydrogen-bond donors (Lipinski definition) is 0. The zero-order valence-corrected chi connectivity index (χ0v) is 8.22. The number of alkyl halides is 3. The average Bonchev–Trinajstić information content (AvgIpc) is 1.81. The van der Waals surface area contributed by atoms with Crippen LogP contribution in [0.2, 0.25) is 0 Å². The lowest BCUT2D eigenvalue weighted by Crippen LogP contribution is -2.43. The van der Waals surface area contributed by atoms with Crippen molar-refractivity contribution in [2.45, 2.75) is 18.4 Å². The van der Waals surface area contributed by atoms with Gasteiger partial charge in [0.15, 0.2) is 0 Å². The smallest absolute Gasteiger partial charge is 0.525 e. The molecule has 2 unspecified atom stereocenters. The van der Waals surface area contributed by atoms with E-state index < -0.39 is 20.3 Å². The molecule has 4 nitrogen and oxygen atoms in total. The van der Waals surface area contributed by atoms with Gasteiger partial charge in [0.1, 0.15) is 0 Å². The van der Waals surface area contributed by atoms with Gasteiger partial charge in [-0.05, 0) is 11.2 Å². The third kappa shape index (κ3) is 3.73. The molecule has 0 aromatic heterocycles. The highest BCUT2D eigenvalue weighted by Gasteiger charge is 2.43. The summed E-state index contributed by atoms with van der Waals surface area (Å²) in [6.07, 6.45) is -5.13. The summed E-state index contributed by atoms with van der Waals surface area (Å²) in [5.41, 5.74) is 0. The second-order valence-corrected chi connectivity index (χ2v) is 5.03. The number of methoxy groups -OCH3 is 1. The predicted octanol–water partition coefficient (Wildman–Crippen LogP) is 0.720. The molecule has 0 aliphatic heterocycles. The van der Waals surface area contributed by atoms with Crippen molar-refractivity contribution in [1.29, 1.82) is 0 Å². The van der Waals surface area contributed by atoms with Crippen molar-refractivity contribution in [3.8, 4) is 0 Å². The molecule has 0 N–H and O–H groups in total. The second kappa shape index (κ2) is 3.65. The molecule has 0 aromatic carbocycles. The Morgan fingerprint density at radius 1 is 1.46 bits per heavy atom. The van der Waals surface area contributed by atoms with Gasteiger partial charge in [-0.15, -0.1) is 13.2 Å². The Hall–Kier alpha value is 0.0400. The molecule has 0 rings (SSSR count). The Morgan fingerprint density at radius 2 is 1.85 bits per heavy atom. The summed E-state index contributed by atoms with van der Waals surface area (Å²) in [4.78, 5) is 0. The summed E-state index contributed by atoms with van der Waals surface area (Å²) in [7, 11) is -3.78. The van der Waals surface area contributed by atoms with E-state index >= 15 is 0 Å². The van der Waals surface area contributed by atoms with Crippen molar-refractivity contribution in [1.82, 2.24) is 0 Å². The lowest BCUT2D eigenvalue weighted by atomic mass is 10.7. The quantitative estimate of drug-likeness (QED) is 0.679. The van der Waals surface area contributed by atoms with Crippen LogP contribution in [-0.4, -0.2) is 27.4 Å². The van der Waals surface area contributed by atoms with Gasteiger partial charge < -0.3 is 9.29 Å². The lowest BCUT2D eigenvalue weighted by molar-refractivity contribution is -0.385. The average molecular weight is 239 g/mol. The van der Waals surface area contributed by atoms with Crippen molar-refractivity contribution in [2.75, 3.05) is 7.11 Å². The van der Waals surface area contributed by atoms with E-state index in [1.807, 2.05) is 0 Å². The van der Waals surface area contributed by atoms with E-state index in [2.05, 4.69) is 20.7 Å². The van der Waals surface area contributed by atoms with Gasteiger partial charge in [0.05, 0.1) is 0 Å². The van der Waals surface area contributed by atoms with E-state index in [-0.39, 0.29) is 0 Å². The van der Waals surface area contributed by atoms with Crippen molar-refractivity contribution in [2.24, 2.45) is 0 Å². The van der Waals surface area contributed by atoms with Gasteiger partial charge in [0, 0.05) is 22.8 Å². The van der Waals surface area contributed by atoms with Crippen LogP contribution in [-0.2, 0) is 29.4 Å². The third-order valence-corrected chi connectivity index (χ3v) is 3.19. The van der Waals surface area contributed by atoms with Crippen molar-refractivity contribution in [3.05, 3.63) is 0 Å². The topological polar surface area (TPSA) is 58.6 Å². The molecule has 0 heterocycles. The van der Waals surface area contributed by atoms with Crippen LogP contribution < -0.4 is 0 Å². The van der Waals surface area contributed by atoms with Crippen LogP contribution in [0.5, 0.6) is 0 Å². The van der Waals surface area contributed by atoms with E-state index in [9.17, 15) is 21.9 Å². The Labute approximate surface area is 77.5 Å². The summed E-state index contributed by atoms with van der Waals surface area (Å²) < 4.78 is 63.5. The van der Waals surface area contributed by atoms with Crippen LogP contribution in [0, 0.1) is 0 Å². The highest BCUT2D eigenvalue weighted by molar-refractivity contribution is 8.30. The first kappa shape index (κ1) is 13.0. The minimum atomic E-state index is -5.13. The molecule has 0 saturated carbocycles. The van der Waals surface area contributed by atoms with Gasteiger partial charge in [0.25, 0.3) is 0 Å². The number of hydrogen-bond acceptors (Lipinski definition) is 5. The first-order valence-corrected chi connectivity index (χ1v) is 5.20. The molecule has 0 fully saturated rings. The summed E-state index contributed by atoms with van der Waals surface area (Å²) >= 11 is 3.81. The van der Waals surface area contributed by atoms with Crippen molar-refractivity contribution in [3.63, 3.8) is 0 Å². The van der Waals surface area contributed by atoms with E-state index in [4.69, 9.17) is 0 Å². The Balaban J connectivity index is 4.89. The normalized spacial score (nSPS) is 22.0. The van der Waals surface area contributed by atoms with E-state index in [0.29, 0.717) is 6.92 Å². The minimum Gasteiger partial charge on any atom is -0.766 e. The Bertz CT molecular complexity index is 272. The van der Waals surface area contributed by atoms with Gasteiger partial charge in [0.2, 0.25) is 5.12 Å². The SMILES string of the molecule is COC(C)(OC(F)(F)F)S(=O)([O-])=S. The van der Waals surface area contributed by atoms with Gasteiger partial charge >= 0.3 is 6.36 Å². The summed E-state index contributed by atoms with van der Waals surface area (Å²) in [6, 6.07) is 0. The van der Waals surface area contributed by atoms with Crippen LogP contribution in [0.1, 0.15) is 6.92 Å².